The van der Waals surface area contributed by atoms with Crippen molar-refractivity contribution in [2.24, 2.45) is 0 Å². The van der Waals surface area contributed by atoms with Gasteiger partial charge in [-0.3, -0.25) is 0 Å². The Morgan fingerprint density at radius 2 is 0.240 bits per heavy atom. The second kappa shape index (κ2) is 27.0. The molecule has 0 radical (unpaired) electrons. The SMILES string of the molecule is c1ccc(N(c2ccc(N(c3ccccc3)c3ccc(N(c4ccccc4)c4ccc(N(c5ccccc5)c5c6ccccc6cc6ccccc56)cc4)cc3)cc2)c2ccc(N(c3ccccc3)c3ccc(N(c4ccccc4)c4c5ccccc5cc5ccccc45)cc3)cc2)cc1. The fourth-order valence-electron chi connectivity index (χ4n) is 14.3. The molecule has 17 aromatic carbocycles. The van der Waals surface area contributed by atoms with Crippen molar-refractivity contribution < 1.29 is 0 Å². The molecule has 17 aromatic rings. The molecule has 0 aliphatic rings. The van der Waals surface area contributed by atoms with Crippen molar-refractivity contribution in [2.45, 2.75) is 0 Å². The van der Waals surface area contributed by atoms with E-state index >= 15 is 0 Å². The van der Waals surface area contributed by atoms with Crippen molar-refractivity contribution in [3.63, 3.8) is 0 Å². The Balaban J connectivity index is 0.687. The first-order valence-corrected chi connectivity index (χ1v) is 34.1. The third kappa shape index (κ3) is 11.7. The molecule has 474 valence electrons. The zero-order valence-corrected chi connectivity index (χ0v) is 54.9. The number of rotatable bonds is 18. The van der Waals surface area contributed by atoms with E-state index < -0.39 is 0 Å². The first-order valence-electron chi connectivity index (χ1n) is 34.1. The smallest absolute Gasteiger partial charge is 0.0618 e. The lowest BCUT2D eigenvalue weighted by molar-refractivity contribution is 1.24. The number of hydrogen-bond acceptors (Lipinski definition) is 6. The van der Waals surface area contributed by atoms with E-state index in [1.54, 1.807) is 0 Å². The van der Waals surface area contributed by atoms with Crippen molar-refractivity contribution in [1.29, 1.82) is 0 Å². The van der Waals surface area contributed by atoms with Crippen molar-refractivity contribution >= 4 is 145 Å². The summed E-state index contributed by atoms with van der Waals surface area (Å²) in [5.74, 6) is 0. The molecule has 0 atom stereocenters. The predicted octanol–water partition coefficient (Wildman–Crippen LogP) is 27.1. The van der Waals surface area contributed by atoms with E-state index in [2.05, 4.69) is 442 Å². The Morgan fingerprint density at radius 3 is 0.420 bits per heavy atom. The van der Waals surface area contributed by atoms with Crippen LogP contribution < -0.4 is 29.4 Å². The summed E-state index contributed by atoms with van der Waals surface area (Å²) in [7, 11) is 0. The normalized spacial score (nSPS) is 11.2. The minimum atomic E-state index is 1.03. The van der Waals surface area contributed by atoms with E-state index in [0.717, 1.165) is 102 Å². The number of nitrogens with zero attached hydrogens (tertiary/aromatic N) is 6. The molecule has 0 fully saturated rings. The largest absolute Gasteiger partial charge is 0.311 e. The van der Waals surface area contributed by atoms with Crippen LogP contribution in [0.5, 0.6) is 0 Å². The molecule has 0 heterocycles. The molecule has 0 amide bonds. The highest BCUT2D eigenvalue weighted by Crippen LogP contribution is 2.49. The summed E-state index contributed by atoms with van der Waals surface area (Å²) >= 11 is 0. The van der Waals surface area contributed by atoms with Crippen LogP contribution >= 0.6 is 0 Å². The van der Waals surface area contributed by atoms with Gasteiger partial charge in [0.25, 0.3) is 0 Å². The summed E-state index contributed by atoms with van der Waals surface area (Å²) in [6.45, 7) is 0. The highest BCUT2D eigenvalue weighted by atomic mass is 15.2. The number of fused-ring (bicyclic) bond motifs is 4. The second-order valence-electron chi connectivity index (χ2n) is 24.9. The fraction of sp³-hybridized carbons (Fsp3) is 0. The van der Waals surface area contributed by atoms with Gasteiger partial charge < -0.3 is 29.4 Å². The number of anilines is 18. The summed E-state index contributed by atoms with van der Waals surface area (Å²) < 4.78 is 0. The van der Waals surface area contributed by atoms with Crippen LogP contribution in [-0.4, -0.2) is 0 Å². The third-order valence-electron chi connectivity index (χ3n) is 18.8. The van der Waals surface area contributed by atoms with Gasteiger partial charge in [-0.1, -0.05) is 206 Å². The van der Waals surface area contributed by atoms with Gasteiger partial charge in [-0.05, 0) is 228 Å². The van der Waals surface area contributed by atoms with Gasteiger partial charge in [-0.2, -0.15) is 0 Å². The number of benzene rings is 17. The summed E-state index contributed by atoms with van der Waals surface area (Å²) in [5.41, 5.74) is 19.2. The maximum atomic E-state index is 2.41. The molecule has 0 saturated carbocycles. The number of hydrogen-bond donors (Lipinski definition) is 0. The van der Waals surface area contributed by atoms with E-state index in [9.17, 15) is 0 Å². The number of para-hydroxylation sites is 6. The molecule has 0 spiro atoms. The van der Waals surface area contributed by atoms with Crippen LogP contribution in [0.15, 0.2) is 413 Å². The highest BCUT2D eigenvalue weighted by Gasteiger charge is 2.24. The third-order valence-corrected chi connectivity index (χ3v) is 18.8. The summed E-state index contributed by atoms with van der Waals surface area (Å²) in [5, 5.41) is 9.59. The summed E-state index contributed by atoms with van der Waals surface area (Å²) in [6, 6.07) is 148. The lowest BCUT2D eigenvalue weighted by Gasteiger charge is -2.31. The Bertz CT molecular complexity index is 5170. The Labute approximate surface area is 583 Å². The van der Waals surface area contributed by atoms with Gasteiger partial charge in [0.15, 0.2) is 0 Å². The average Bonchev–Trinajstić information content (AvgIpc) is 0.755. The van der Waals surface area contributed by atoms with Crippen LogP contribution in [0.2, 0.25) is 0 Å². The Hall–Kier alpha value is -13.4. The maximum Gasteiger partial charge on any atom is 0.0618 e. The molecular weight excluding hydrogens is 1210 g/mol. The van der Waals surface area contributed by atoms with Crippen LogP contribution in [0.1, 0.15) is 0 Å². The molecule has 17 rings (SSSR count). The minimum Gasteiger partial charge on any atom is -0.311 e. The van der Waals surface area contributed by atoms with E-state index in [4.69, 9.17) is 0 Å². The van der Waals surface area contributed by atoms with Crippen LogP contribution in [0, 0.1) is 0 Å². The van der Waals surface area contributed by atoms with Crippen molar-refractivity contribution in [1.82, 2.24) is 0 Å². The van der Waals surface area contributed by atoms with Gasteiger partial charge >= 0.3 is 0 Å². The monoisotopic (exact) mass is 1280 g/mol. The first kappa shape index (κ1) is 60.3. The molecule has 0 bridgehead atoms. The average molecular weight is 1280 g/mol. The Morgan fingerprint density at radius 1 is 0.110 bits per heavy atom. The second-order valence-corrected chi connectivity index (χ2v) is 24.9. The molecule has 0 N–H and O–H groups in total. The molecule has 6 nitrogen and oxygen atoms in total. The van der Waals surface area contributed by atoms with E-state index in [1.807, 2.05) is 0 Å². The molecule has 0 aliphatic carbocycles. The lowest BCUT2D eigenvalue weighted by atomic mass is 9.99. The van der Waals surface area contributed by atoms with Gasteiger partial charge in [0, 0.05) is 113 Å². The molecule has 0 aliphatic heterocycles. The molecule has 100 heavy (non-hydrogen) atoms. The molecule has 0 aromatic heterocycles. The van der Waals surface area contributed by atoms with Crippen LogP contribution in [0.3, 0.4) is 0 Å². The fourth-order valence-corrected chi connectivity index (χ4v) is 14.3. The molecular formula is C94H68N6. The van der Waals surface area contributed by atoms with Crippen LogP contribution in [0.4, 0.5) is 102 Å². The molecule has 0 unspecified atom stereocenters. The quantitative estimate of drug-likeness (QED) is 0.0792. The van der Waals surface area contributed by atoms with Gasteiger partial charge in [0.1, 0.15) is 0 Å². The summed E-state index contributed by atoms with van der Waals surface area (Å²) in [6.07, 6.45) is 0. The van der Waals surface area contributed by atoms with E-state index in [1.165, 1.54) is 43.1 Å². The molecule has 0 saturated heterocycles. The van der Waals surface area contributed by atoms with Gasteiger partial charge in [-0.25, -0.2) is 0 Å². The zero-order valence-electron chi connectivity index (χ0n) is 54.9. The van der Waals surface area contributed by atoms with Crippen molar-refractivity contribution in [3.8, 4) is 0 Å². The first-order chi connectivity index (χ1) is 49.6. The van der Waals surface area contributed by atoms with E-state index in [-0.39, 0.29) is 0 Å². The van der Waals surface area contributed by atoms with Crippen molar-refractivity contribution in [3.05, 3.63) is 413 Å². The zero-order chi connectivity index (χ0) is 66.6. The standard InChI is InChI=1S/C94H68N6/c1-7-31-73(32-8-1)95(81-51-55-83(56-52-81)97(75-35-11-3-12-36-75)85-59-63-87(64-60-85)99(77-39-15-5-16-40-77)93-89-43-23-19-27-69(89)67-70-28-20-24-44-90(70)93)79-47-49-80(50-48-79)96(74-33-9-2-10-34-74)82-53-57-84(58-54-82)98(76-37-13-4-14-38-76)86-61-65-88(66-62-86)100(78-41-17-6-18-42-78)94-91-45-25-21-29-71(91)68-72-30-22-26-46-92(72)94/h1-68H. The maximum absolute atomic E-state index is 2.41. The summed E-state index contributed by atoms with van der Waals surface area (Å²) in [4.78, 5) is 14.2. The molecule has 6 heteroatoms. The van der Waals surface area contributed by atoms with Gasteiger partial charge in [0.2, 0.25) is 0 Å². The van der Waals surface area contributed by atoms with Crippen LogP contribution in [-0.2, 0) is 0 Å². The van der Waals surface area contributed by atoms with Gasteiger partial charge in [0.05, 0.1) is 11.4 Å². The van der Waals surface area contributed by atoms with Gasteiger partial charge in [-0.15, -0.1) is 0 Å². The highest BCUT2D eigenvalue weighted by molar-refractivity contribution is 6.15. The van der Waals surface area contributed by atoms with Crippen molar-refractivity contribution in [2.75, 3.05) is 29.4 Å². The Kier molecular flexibility index (Phi) is 16.3. The van der Waals surface area contributed by atoms with E-state index in [0.29, 0.717) is 0 Å². The predicted molar refractivity (Wildman–Crippen MR) is 425 cm³/mol. The lowest BCUT2D eigenvalue weighted by Crippen LogP contribution is -2.14. The minimum absolute atomic E-state index is 1.03. The van der Waals surface area contributed by atoms with Crippen LogP contribution in [0.25, 0.3) is 43.1 Å². The topological polar surface area (TPSA) is 19.4 Å².